The van der Waals surface area contributed by atoms with Gasteiger partial charge in [0.25, 0.3) is 5.91 Å². The van der Waals surface area contributed by atoms with Crippen molar-refractivity contribution < 1.29 is 27.9 Å². The zero-order valence-electron chi connectivity index (χ0n) is 15.1. The lowest BCUT2D eigenvalue weighted by molar-refractivity contribution is -0.127. The Morgan fingerprint density at radius 3 is 2.50 bits per heavy atom. The number of sulfonamides is 1. The van der Waals surface area contributed by atoms with Crippen LogP contribution >= 0.6 is 15.9 Å². The average Bonchev–Trinajstić information content (AvgIpc) is 2.92. The summed E-state index contributed by atoms with van der Waals surface area (Å²) in [5.74, 6) is -1.50. The quantitative estimate of drug-likeness (QED) is 0.362. The third-order valence-corrected chi connectivity index (χ3v) is 5.44. The number of halogens is 1. The van der Waals surface area contributed by atoms with Crippen molar-refractivity contribution in [1.29, 1.82) is 0 Å². The summed E-state index contributed by atoms with van der Waals surface area (Å²) in [6.45, 7) is -0.566. The molecule has 1 aliphatic rings. The number of phenolic OH excluding ortho intramolecular Hbond substituents is 1. The van der Waals surface area contributed by atoms with E-state index in [1.54, 1.807) is 12.1 Å². The van der Waals surface area contributed by atoms with Crippen LogP contribution in [0.15, 0.2) is 57.5 Å². The van der Waals surface area contributed by atoms with Crippen LogP contribution in [0, 0.1) is 0 Å². The summed E-state index contributed by atoms with van der Waals surface area (Å²) >= 11 is 3.25. The van der Waals surface area contributed by atoms with Gasteiger partial charge in [0.05, 0.1) is 4.90 Å². The number of hydrogen-bond donors (Lipinski definition) is 4. The lowest BCUT2D eigenvalue weighted by atomic mass is 10.1. The van der Waals surface area contributed by atoms with Crippen LogP contribution in [0.4, 0.5) is 10.5 Å². The lowest BCUT2D eigenvalue weighted by Gasteiger charge is -2.12. The fraction of sp³-hybridized carbons (Fsp3) is 0.0556. The number of benzene rings is 2. The highest BCUT2D eigenvalue weighted by Gasteiger charge is 2.35. The van der Waals surface area contributed by atoms with Crippen molar-refractivity contribution in [2.45, 2.75) is 4.90 Å². The van der Waals surface area contributed by atoms with Gasteiger partial charge in [0.2, 0.25) is 15.9 Å². The normalized spacial score (nSPS) is 15.4. The summed E-state index contributed by atoms with van der Waals surface area (Å²) in [4.78, 5) is 37.4. The smallest absolute Gasteiger partial charge is 0.329 e. The Morgan fingerprint density at radius 1 is 1.20 bits per heavy atom. The third kappa shape index (κ3) is 4.84. The van der Waals surface area contributed by atoms with Crippen LogP contribution in [0.1, 0.15) is 5.56 Å². The highest BCUT2D eigenvalue weighted by atomic mass is 79.9. The summed E-state index contributed by atoms with van der Waals surface area (Å²) < 4.78 is 23.2. The number of hydrogen-bond acceptors (Lipinski definition) is 6. The number of carbonyl (C=O) groups is 3. The van der Waals surface area contributed by atoms with Gasteiger partial charge in [0.1, 0.15) is 18.0 Å². The average molecular weight is 495 g/mol. The number of imide groups is 1. The van der Waals surface area contributed by atoms with Crippen molar-refractivity contribution in [3.05, 3.63) is 58.2 Å². The molecule has 0 aliphatic carbocycles. The molecule has 0 atom stereocenters. The topological polar surface area (TPSA) is 159 Å². The van der Waals surface area contributed by atoms with Crippen molar-refractivity contribution in [3.8, 4) is 5.75 Å². The number of primary sulfonamides is 1. The predicted molar refractivity (Wildman–Crippen MR) is 110 cm³/mol. The zero-order valence-corrected chi connectivity index (χ0v) is 17.5. The van der Waals surface area contributed by atoms with E-state index in [1.807, 2.05) is 0 Å². The monoisotopic (exact) mass is 494 g/mol. The molecule has 5 N–H and O–H groups in total. The number of anilines is 1. The summed E-state index contributed by atoms with van der Waals surface area (Å²) in [5, 5.41) is 19.7. The molecule has 0 bridgehead atoms. The molecule has 0 spiro atoms. The molecule has 1 fully saturated rings. The van der Waals surface area contributed by atoms with Gasteiger partial charge in [0.15, 0.2) is 0 Å². The molecule has 0 saturated carbocycles. The Labute approximate surface area is 179 Å². The zero-order chi connectivity index (χ0) is 22.1. The summed E-state index contributed by atoms with van der Waals surface area (Å²) in [6.07, 6.45) is 1.30. The second kappa shape index (κ2) is 8.26. The number of nitrogens with two attached hydrogens (primary N) is 1. The molecule has 0 unspecified atom stereocenters. The Bertz CT molecular complexity index is 1180. The second-order valence-electron chi connectivity index (χ2n) is 6.20. The summed E-state index contributed by atoms with van der Waals surface area (Å²) in [6, 6.07) is 8.87. The molecule has 10 nitrogen and oxygen atoms in total. The van der Waals surface area contributed by atoms with Crippen LogP contribution in [0.5, 0.6) is 5.75 Å². The fourth-order valence-corrected chi connectivity index (χ4v) is 3.48. The Morgan fingerprint density at radius 2 is 1.87 bits per heavy atom. The maximum atomic E-state index is 12.5. The maximum absolute atomic E-state index is 12.5. The van der Waals surface area contributed by atoms with E-state index in [1.165, 1.54) is 36.4 Å². The number of nitrogens with one attached hydrogen (secondary N) is 2. The highest BCUT2D eigenvalue weighted by molar-refractivity contribution is 9.10. The van der Waals surface area contributed by atoms with Gasteiger partial charge in [-0.1, -0.05) is 15.9 Å². The first kappa shape index (κ1) is 21.5. The minimum absolute atomic E-state index is 0.0908. The van der Waals surface area contributed by atoms with Gasteiger partial charge in [-0.2, -0.15) is 0 Å². The van der Waals surface area contributed by atoms with E-state index >= 15 is 0 Å². The predicted octanol–water partition coefficient (Wildman–Crippen LogP) is 1.33. The van der Waals surface area contributed by atoms with Gasteiger partial charge in [-0.3, -0.25) is 9.59 Å². The molecule has 1 saturated heterocycles. The Kier molecular flexibility index (Phi) is 5.92. The maximum Gasteiger partial charge on any atom is 0.329 e. The van der Waals surface area contributed by atoms with Crippen molar-refractivity contribution in [2.24, 2.45) is 5.14 Å². The number of rotatable bonds is 5. The molecule has 2 aromatic rings. The molecule has 1 heterocycles. The molecule has 1 aliphatic heterocycles. The molecule has 3 rings (SSSR count). The Hall–Kier alpha value is -3.22. The first-order valence-corrected chi connectivity index (χ1v) is 10.6. The van der Waals surface area contributed by atoms with Crippen LogP contribution < -0.4 is 15.8 Å². The number of nitrogens with zero attached hydrogens (tertiary/aromatic N) is 1. The third-order valence-electron chi connectivity index (χ3n) is 4.02. The van der Waals surface area contributed by atoms with E-state index < -0.39 is 34.4 Å². The molecule has 30 heavy (non-hydrogen) atoms. The molecule has 4 amide bonds. The number of amides is 4. The number of aromatic hydroxyl groups is 1. The van der Waals surface area contributed by atoms with E-state index in [9.17, 15) is 27.9 Å². The summed E-state index contributed by atoms with van der Waals surface area (Å²) in [5.41, 5.74) is 0.460. The van der Waals surface area contributed by atoms with Gasteiger partial charge in [0, 0.05) is 15.7 Å². The number of urea groups is 1. The molecule has 0 aromatic heterocycles. The minimum atomic E-state index is -3.86. The lowest BCUT2D eigenvalue weighted by Crippen LogP contribution is -2.38. The van der Waals surface area contributed by atoms with Crippen molar-refractivity contribution in [3.63, 3.8) is 0 Å². The van der Waals surface area contributed by atoms with E-state index in [2.05, 4.69) is 26.6 Å². The van der Waals surface area contributed by atoms with E-state index in [0.717, 1.165) is 0 Å². The standard InChI is InChI=1S/C18H15BrN4O6S/c19-11-1-6-15(24)10(7-11)8-14-17(26)23(18(27)22-14)9-16(25)21-12-2-4-13(5-3-12)30(20,28)29/h1-8,24H,9H2,(H,21,25)(H,22,27)(H2,20,28,29)/b14-8-. The SMILES string of the molecule is NS(=O)(=O)c1ccc(NC(=O)CN2C(=O)N/C(=C\c3cc(Br)ccc3O)C2=O)cc1. The molecule has 0 radical (unpaired) electrons. The van der Waals surface area contributed by atoms with Crippen molar-refractivity contribution in [1.82, 2.24) is 10.2 Å². The highest BCUT2D eigenvalue weighted by Crippen LogP contribution is 2.25. The van der Waals surface area contributed by atoms with Gasteiger partial charge in [-0.25, -0.2) is 23.3 Å². The van der Waals surface area contributed by atoms with Gasteiger partial charge in [-0.05, 0) is 48.5 Å². The van der Waals surface area contributed by atoms with E-state index in [0.29, 0.717) is 14.9 Å². The van der Waals surface area contributed by atoms with Crippen LogP contribution in [0.25, 0.3) is 6.08 Å². The van der Waals surface area contributed by atoms with Crippen LogP contribution in [0.3, 0.4) is 0 Å². The van der Waals surface area contributed by atoms with Crippen LogP contribution in [0.2, 0.25) is 0 Å². The number of carbonyl (C=O) groups excluding carboxylic acids is 3. The molecular weight excluding hydrogens is 480 g/mol. The van der Waals surface area contributed by atoms with Crippen molar-refractivity contribution >= 4 is 55.6 Å². The van der Waals surface area contributed by atoms with Crippen LogP contribution in [-0.4, -0.2) is 42.8 Å². The second-order valence-corrected chi connectivity index (χ2v) is 8.68. The molecule has 2 aromatic carbocycles. The fourth-order valence-electron chi connectivity index (χ4n) is 2.58. The Balaban J connectivity index is 1.70. The summed E-state index contributed by atoms with van der Waals surface area (Å²) in [7, 11) is -3.86. The largest absolute Gasteiger partial charge is 0.507 e. The van der Waals surface area contributed by atoms with Gasteiger partial charge < -0.3 is 15.7 Å². The molecular formula is C18H15BrN4O6S. The van der Waals surface area contributed by atoms with E-state index in [4.69, 9.17) is 5.14 Å². The van der Waals surface area contributed by atoms with Crippen molar-refractivity contribution in [2.75, 3.05) is 11.9 Å². The number of phenols is 1. The molecule has 12 heteroatoms. The van der Waals surface area contributed by atoms with E-state index in [-0.39, 0.29) is 22.0 Å². The first-order chi connectivity index (χ1) is 14.0. The van der Waals surface area contributed by atoms with Gasteiger partial charge >= 0.3 is 6.03 Å². The van der Waals surface area contributed by atoms with Crippen LogP contribution in [-0.2, 0) is 19.6 Å². The van der Waals surface area contributed by atoms with Gasteiger partial charge in [-0.15, -0.1) is 0 Å². The molecule has 156 valence electrons. The first-order valence-electron chi connectivity index (χ1n) is 8.30. The minimum Gasteiger partial charge on any atom is -0.507 e.